The summed E-state index contributed by atoms with van der Waals surface area (Å²) in [6.45, 7) is 6.00. The van der Waals surface area contributed by atoms with Gasteiger partial charge in [0.1, 0.15) is 0 Å². The summed E-state index contributed by atoms with van der Waals surface area (Å²) in [6, 6.07) is 0. The third-order valence-electron chi connectivity index (χ3n) is 4.88. The van der Waals surface area contributed by atoms with Crippen LogP contribution < -0.4 is 0 Å². The first-order valence-electron chi connectivity index (χ1n) is 7.70. The average Bonchev–Trinajstić information content (AvgIpc) is 2.57. The van der Waals surface area contributed by atoms with Crippen molar-refractivity contribution >= 4 is 0 Å². The van der Waals surface area contributed by atoms with Crippen molar-refractivity contribution in [2.45, 2.75) is 64.4 Å². The fraction of sp³-hybridized carbons (Fsp3) is 1.00. The second kappa shape index (κ2) is 6.75. The molecule has 0 bridgehead atoms. The van der Waals surface area contributed by atoms with E-state index in [2.05, 4.69) is 11.8 Å². The zero-order valence-electron chi connectivity index (χ0n) is 11.4. The number of nitrogens with zero attached hydrogens (tertiary/aromatic N) is 1. The Morgan fingerprint density at radius 2 is 1.82 bits per heavy atom. The van der Waals surface area contributed by atoms with Crippen molar-refractivity contribution in [3.05, 3.63) is 0 Å². The third-order valence-corrected chi connectivity index (χ3v) is 4.88. The second-order valence-electron chi connectivity index (χ2n) is 6.12. The highest BCUT2D eigenvalue weighted by Crippen LogP contribution is 2.27. The van der Waals surface area contributed by atoms with Gasteiger partial charge in [0.25, 0.3) is 0 Å². The maximum atomic E-state index is 10.0. The van der Waals surface area contributed by atoms with Gasteiger partial charge in [-0.05, 0) is 57.0 Å². The van der Waals surface area contributed by atoms with Crippen LogP contribution in [0.2, 0.25) is 0 Å². The predicted molar refractivity (Wildman–Crippen MR) is 72.0 cm³/mol. The molecule has 17 heavy (non-hydrogen) atoms. The van der Waals surface area contributed by atoms with E-state index in [1.165, 1.54) is 58.0 Å². The Hall–Kier alpha value is -0.0800. The van der Waals surface area contributed by atoms with Gasteiger partial charge in [0.15, 0.2) is 0 Å². The average molecular weight is 239 g/mol. The molecule has 3 atom stereocenters. The summed E-state index contributed by atoms with van der Waals surface area (Å²) in [7, 11) is 0. The van der Waals surface area contributed by atoms with Crippen molar-refractivity contribution < 1.29 is 5.11 Å². The van der Waals surface area contributed by atoms with Gasteiger partial charge in [-0.2, -0.15) is 0 Å². The van der Waals surface area contributed by atoms with Crippen LogP contribution in [0, 0.1) is 11.8 Å². The second-order valence-corrected chi connectivity index (χ2v) is 6.12. The zero-order chi connectivity index (χ0) is 12.1. The summed E-state index contributed by atoms with van der Waals surface area (Å²) in [6.07, 6.45) is 10.3. The van der Waals surface area contributed by atoms with Crippen LogP contribution in [0.15, 0.2) is 0 Å². The van der Waals surface area contributed by atoms with Crippen molar-refractivity contribution in [1.29, 1.82) is 0 Å². The molecule has 2 nitrogen and oxygen atoms in total. The predicted octanol–water partition coefficient (Wildman–Crippen LogP) is 3.05. The minimum Gasteiger partial charge on any atom is -0.393 e. The van der Waals surface area contributed by atoms with E-state index in [1.54, 1.807) is 0 Å². The Morgan fingerprint density at radius 3 is 2.59 bits per heavy atom. The summed E-state index contributed by atoms with van der Waals surface area (Å²) in [5, 5.41) is 10.0. The van der Waals surface area contributed by atoms with Gasteiger partial charge in [-0.1, -0.05) is 26.2 Å². The summed E-state index contributed by atoms with van der Waals surface area (Å²) in [5.74, 6) is 1.51. The largest absolute Gasteiger partial charge is 0.393 e. The normalized spacial score (nSPS) is 36.7. The van der Waals surface area contributed by atoms with Crippen LogP contribution in [-0.2, 0) is 0 Å². The molecule has 2 rings (SSSR count). The smallest absolute Gasteiger partial charge is 0.0580 e. The highest BCUT2D eigenvalue weighted by Gasteiger charge is 2.26. The van der Waals surface area contributed by atoms with Crippen molar-refractivity contribution in [2.24, 2.45) is 11.8 Å². The van der Waals surface area contributed by atoms with Gasteiger partial charge in [-0.3, -0.25) is 0 Å². The number of aliphatic hydroxyl groups is 1. The van der Waals surface area contributed by atoms with Gasteiger partial charge >= 0.3 is 0 Å². The van der Waals surface area contributed by atoms with E-state index in [9.17, 15) is 5.11 Å². The van der Waals surface area contributed by atoms with E-state index in [-0.39, 0.29) is 6.10 Å². The van der Waals surface area contributed by atoms with Crippen molar-refractivity contribution in [2.75, 3.05) is 19.6 Å². The zero-order valence-corrected chi connectivity index (χ0v) is 11.4. The molecular formula is C15H29NO. The molecule has 1 saturated heterocycles. The van der Waals surface area contributed by atoms with E-state index >= 15 is 0 Å². The van der Waals surface area contributed by atoms with Gasteiger partial charge in [-0.25, -0.2) is 0 Å². The molecule has 2 fully saturated rings. The Kier molecular flexibility index (Phi) is 5.30. The molecule has 2 heteroatoms. The standard InChI is InChI=1S/C15H29NO/c1-2-13-6-5-10-16(11-9-13)12-14-7-3-4-8-15(14)17/h13-15,17H,2-12H2,1H3. The molecule has 1 aliphatic carbocycles. The molecule has 0 radical (unpaired) electrons. The molecule has 0 amide bonds. The van der Waals surface area contributed by atoms with Crippen LogP contribution in [0.4, 0.5) is 0 Å². The highest BCUT2D eigenvalue weighted by atomic mass is 16.3. The lowest BCUT2D eigenvalue weighted by atomic mass is 9.86. The van der Waals surface area contributed by atoms with Gasteiger partial charge < -0.3 is 10.0 Å². The van der Waals surface area contributed by atoms with E-state index in [1.807, 2.05) is 0 Å². The summed E-state index contributed by atoms with van der Waals surface area (Å²) in [5.41, 5.74) is 0. The van der Waals surface area contributed by atoms with Crippen LogP contribution in [0.3, 0.4) is 0 Å². The maximum absolute atomic E-state index is 10.0. The Labute approximate surface area is 106 Å². The minimum absolute atomic E-state index is 0.0195. The molecule has 1 heterocycles. The van der Waals surface area contributed by atoms with Crippen LogP contribution in [0.25, 0.3) is 0 Å². The number of likely N-dealkylation sites (tertiary alicyclic amines) is 1. The Bertz CT molecular complexity index is 219. The minimum atomic E-state index is -0.0195. The Balaban J connectivity index is 1.77. The van der Waals surface area contributed by atoms with Crippen LogP contribution >= 0.6 is 0 Å². The number of hydrogen-bond acceptors (Lipinski definition) is 2. The quantitative estimate of drug-likeness (QED) is 0.818. The molecule has 0 aromatic rings. The molecule has 0 aromatic heterocycles. The first kappa shape index (κ1) is 13.4. The van der Waals surface area contributed by atoms with E-state index in [4.69, 9.17) is 0 Å². The maximum Gasteiger partial charge on any atom is 0.0580 e. The number of hydrogen-bond donors (Lipinski definition) is 1. The lowest BCUT2D eigenvalue weighted by Gasteiger charge is -2.32. The Morgan fingerprint density at radius 1 is 1.00 bits per heavy atom. The fourth-order valence-corrected chi connectivity index (χ4v) is 3.55. The molecule has 0 spiro atoms. The van der Waals surface area contributed by atoms with E-state index < -0.39 is 0 Å². The van der Waals surface area contributed by atoms with Gasteiger partial charge in [0, 0.05) is 6.54 Å². The molecule has 100 valence electrons. The SMILES string of the molecule is CCC1CCCN(CC2CCCCC2O)CC1. The van der Waals surface area contributed by atoms with Crippen LogP contribution in [-0.4, -0.2) is 35.7 Å². The van der Waals surface area contributed by atoms with E-state index in [0.29, 0.717) is 5.92 Å². The third kappa shape index (κ3) is 3.96. The summed E-state index contributed by atoms with van der Waals surface area (Å²) < 4.78 is 0. The fourth-order valence-electron chi connectivity index (χ4n) is 3.55. The number of aliphatic hydroxyl groups excluding tert-OH is 1. The molecule has 1 saturated carbocycles. The lowest BCUT2D eigenvalue weighted by molar-refractivity contribution is 0.0469. The van der Waals surface area contributed by atoms with Crippen molar-refractivity contribution in [3.63, 3.8) is 0 Å². The molecule has 0 aromatic carbocycles. The van der Waals surface area contributed by atoms with Crippen molar-refractivity contribution in [3.8, 4) is 0 Å². The van der Waals surface area contributed by atoms with Gasteiger partial charge in [0.2, 0.25) is 0 Å². The summed E-state index contributed by atoms with van der Waals surface area (Å²) in [4.78, 5) is 2.62. The molecular weight excluding hydrogens is 210 g/mol. The topological polar surface area (TPSA) is 23.5 Å². The first-order valence-corrected chi connectivity index (χ1v) is 7.70. The van der Waals surface area contributed by atoms with Gasteiger partial charge in [-0.15, -0.1) is 0 Å². The molecule has 3 unspecified atom stereocenters. The van der Waals surface area contributed by atoms with Crippen LogP contribution in [0.1, 0.15) is 58.3 Å². The monoisotopic (exact) mass is 239 g/mol. The molecule has 1 N–H and O–H groups in total. The summed E-state index contributed by atoms with van der Waals surface area (Å²) >= 11 is 0. The number of rotatable bonds is 3. The van der Waals surface area contributed by atoms with Crippen LogP contribution in [0.5, 0.6) is 0 Å². The van der Waals surface area contributed by atoms with Gasteiger partial charge in [0.05, 0.1) is 6.10 Å². The first-order chi connectivity index (χ1) is 8.29. The molecule has 2 aliphatic rings. The molecule has 1 aliphatic heterocycles. The van der Waals surface area contributed by atoms with E-state index in [0.717, 1.165) is 18.9 Å². The highest BCUT2D eigenvalue weighted by molar-refractivity contribution is 4.79. The lowest BCUT2D eigenvalue weighted by Crippen LogP contribution is -2.37. The van der Waals surface area contributed by atoms with Crippen molar-refractivity contribution in [1.82, 2.24) is 4.90 Å².